The number of carbonyl (C=O) groups is 2. The zero-order valence-corrected chi connectivity index (χ0v) is 20.5. The van der Waals surface area contributed by atoms with Crippen LogP contribution in [0.15, 0.2) is 84.9 Å². The predicted octanol–water partition coefficient (Wildman–Crippen LogP) is 5.85. The van der Waals surface area contributed by atoms with Crippen LogP contribution in [0.25, 0.3) is 0 Å². The minimum atomic E-state index is -0.507. The van der Waals surface area contributed by atoms with Crippen molar-refractivity contribution in [2.75, 3.05) is 6.54 Å². The molecule has 4 nitrogen and oxygen atoms in total. The van der Waals surface area contributed by atoms with Gasteiger partial charge in [-0.05, 0) is 36.5 Å². The van der Waals surface area contributed by atoms with Crippen LogP contribution in [0.3, 0.4) is 0 Å². The van der Waals surface area contributed by atoms with Crippen LogP contribution in [0.1, 0.15) is 61.3 Å². The molecule has 0 aromatic heterocycles. The largest absolute Gasteiger partial charge is 0.354 e. The Balaban J connectivity index is 1.93. The van der Waals surface area contributed by atoms with Crippen molar-refractivity contribution in [3.8, 4) is 0 Å². The molecule has 34 heavy (non-hydrogen) atoms. The van der Waals surface area contributed by atoms with Crippen molar-refractivity contribution < 1.29 is 9.59 Å². The van der Waals surface area contributed by atoms with Gasteiger partial charge in [0.05, 0.1) is 0 Å². The van der Waals surface area contributed by atoms with Crippen molar-refractivity contribution in [1.29, 1.82) is 0 Å². The molecule has 0 bridgehead atoms. The maximum absolute atomic E-state index is 13.9. The first-order chi connectivity index (χ1) is 16.5. The fourth-order valence-corrected chi connectivity index (χ4v) is 4.27. The van der Waals surface area contributed by atoms with Crippen LogP contribution in [0.4, 0.5) is 0 Å². The zero-order valence-electron chi connectivity index (χ0n) is 20.5. The molecular weight excluding hydrogens is 420 g/mol. The lowest BCUT2D eigenvalue weighted by Crippen LogP contribution is -2.49. The van der Waals surface area contributed by atoms with E-state index in [2.05, 4.69) is 29.6 Å². The standard InChI is InChI=1S/C30H36N2O2/c1-4-20-31-30(34)28(5-2)32(22-24-18-16-23(3)17-19-24)29(33)21-27(25-12-8-6-9-13-25)26-14-10-7-11-15-26/h6-19,27-28H,4-5,20-22H2,1-3H3,(H,31,34)/t28-/m1/s1. The Kier molecular flexibility index (Phi) is 9.45. The fraction of sp³-hybridized carbons (Fsp3) is 0.333. The van der Waals surface area contributed by atoms with E-state index in [1.54, 1.807) is 4.90 Å². The van der Waals surface area contributed by atoms with Gasteiger partial charge in [0.1, 0.15) is 6.04 Å². The lowest BCUT2D eigenvalue weighted by atomic mass is 9.88. The summed E-state index contributed by atoms with van der Waals surface area (Å²) in [6.45, 7) is 7.06. The van der Waals surface area contributed by atoms with Gasteiger partial charge in [0.15, 0.2) is 0 Å². The summed E-state index contributed by atoms with van der Waals surface area (Å²) in [4.78, 5) is 28.7. The third-order valence-electron chi connectivity index (χ3n) is 6.19. The van der Waals surface area contributed by atoms with Gasteiger partial charge < -0.3 is 10.2 Å². The SMILES string of the molecule is CCCNC(=O)[C@@H](CC)N(Cc1ccc(C)cc1)C(=O)CC(c1ccccc1)c1ccccc1. The highest BCUT2D eigenvalue weighted by atomic mass is 16.2. The van der Waals surface area contributed by atoms with Crippen molar-refractivity contribution in [2.24, 2.45) is 0 Å². The molecule has 0 unspecified atom stereocenters. The van der Waals surface area contributed by atoms with E-state index in [9.17, 15) is 9.59 Å². The molecule has 0 spiro atoms. The number of hydrogen-bond donors (Lipinski definition) is 1. The number of aryl methyl sites for hydroxylation is 1. The normalized spacial score (nSPS) is 11.8. The Hall–Kier alpha value is -3.40. The van der Waals surface area contributed by atoms with Crippen molar-refractivity contribution >= 4 is 11.8 Å². The Morgan fingerprint density at radius 1 is 0.824 bits per heavy atom. The molecular formula is C30H36N2O2. The van der Waals surface area contributed by atoms with Crippen LogP contribution in [-0.4, -0.2) is 29.3 Å². The molecule has 0 fully saturated rings. The smallest absolute Gasteiger partial charge is 0.242 e. The summed E-state index contributed by atoms with van der Waals surface area (Å²) in [6, 6.07) is 28.0. The molecule has 0 heterocycles. The first-order valence-corrected chi connectivity index (χ1v) is 12.3. The molecule has 0 saturated carbocycles. The number of rotatable bonds is 11. The third kappa shape index (κ3) is 6.80. The van der Waals surface area contributed by atoms with Gasteiger partial charge in [-0.1, -0.05) is 104 Å². The van der Waals surface area contributed by atoms with E-state index in [-0.39, 0.29) is 17.7 Å². The molecule has 3 rings (SSSR count). The molecule has 0 radical (unpaired) electrons. The Morgan fingerprint density at radius 2 is 1.38 bits per heavy atom. The van der Waals surface area contributed by atoms with Gasteiger partial charge >= 0.3 is 0 Å². The van der Waals surface area contributed by atoms with Crippen LogP contribution in [0, 0.1) is 6.92 Å². The summed E-state index contributed by atoms with van der Waals surface area (Å²) in [5.74, 6) is -0.177. The Labute approximate surface area is 204 Å². The Bertz CT molecular complexity index is 993. The van der Waals surface area contributed by atoms with Gasteiger partial charge in [0.2, 0.25) is 11.8 Å². The van der Waals surface area contributed by atoms with E-state index >= 15 is 0 Å². The van der Waals surface area contributed by atoms with Crippen molar-refractivity contribution in [2.45, 2.75) is 58.5 Å². The third-order valence-corrected chi connectivity index (χ3v) is 6.19. The highest BCUT2D eigenvalue weighted by Gasteiger charge is 2.30. The minimum Gasteiger partial charge on any atom is -0.354 e. The lowest BCUT2D eigenvalue weighted by Gasteiger charge is -2.32. The molecule has 0 aliphatic heterocycles. The highest BCUT2D eigenvalue weighted by Crippen LogP contribution is 2.29. The maximum Gasteiger partial charge on any atom is 0.242 e. The molecule has 1 atom stereocenters. The number of nitrogens with zero attached hydrogens (tertiary/aromatic N) is 1. The van der Waals surface area contributed by atoms with Gasteiger partial charge in [-0.25, -0.2) is 0 Å². The van der Waals surface area contributed by atoms with Crippen molar-refractivity contribution in [3.05, 3.63) is 107 Å². The predicted molar refractivity (Wildman–Crippen MR) is 138 cm³/mol. The van der Waals surface area contributed by atoms with E-state index in [1.165, 1.54) is 5.56 Å². The number of carbonyl (C=O) groups excluding carboxylic acids is 2. The van der Waals surface area contributed by atoms with Gasteiger partial charge in [-0.15, -0.1) is 0 Å². The van der Waals surface area contributed by atoms with E-state index in [1.807, 2.05) is 81.4 Å². The van der Waals surface area contributed by atoms with Crippen molar-refractivity contribution in [1.82, 2.24) is 10.2 Å². The average Bonchev–Trinajstić information content (AvgIpc) is 2.88. The van der Waals surface area contributed by atoms with Gasteiger partial charge in [-0.3, -0.25) is 9.59 Å². The van der Waals surface area contributed by atoms with Gasteiger partial charge in [-0.2, -0.15) is 0 Å². The van der Waals surface area contributed by atoms with Crippen LogP contribution in [-0.2, 0) is 16.1 Å². The fourth-order valence-electron chi connectivity index (χ4n) is 4.27. The minimum absolute atomic E-state index is 0.0169. The summed E-state index contributed by atoms with van der Waals surface area (Å²) in [6.07, 6.45) is 1.73. The number of hydrogen-bond acceptors (Lipinski definition) is 2. The van der Waals surface area contributed by atoms with Crippen LogP contribution >= 0.6 is 0 Å². The van der Waals surface area contributed by atoms with Crippen LogP contribution in [0.5, 0.6) is 0 Å². The van der Waals surface area contributed by atoms with Gasteiger partial charge in [0, 0.05) is 25.4 Å². The summed E-state index contributed by atoms with van der Waals surface area (Å²) in [5.41, 5.74) is 4.39. The second-order valence-corrected chi connectivity index (χ2v) is 8.80. The quantitative estimate of drug-likeness (QED) is 0.393. The second-order valence-electron chi connectivity index (χ2n) is 8.80. The summed E-state index contributed by atoms with van der Waals surface area (Å²) in [7, 11) is 0. The molecule has 0 aliphatic carbocycles. The monoisotopic (exact) mass is 456 g/mol. The van der Waals surface area contributed by atoms with Crippen LogP contribution in [0.2, 0.25) is 0 Å². The number of benzene rings is 3. The first kappa shape index (κ1) is 25.2. The molecule has 0 aliphatic rings. The maximum atomic E-state index is 13.9. The zero-order chi connectivity index (χ0) is 24.3. The average molecular weight is 457 g/mol. The molecule has 3 aromatic carbocycles. The molecule has 4 heteroatoms. The highest BCUT2D eigenvalue weighted by molar-refractivity contribution is 5.88. The van der Waals surface area contributed by atoms with Gasteiger partial charge in [0.25, 0.3) is 0 Å². The molecule has 178 valence electrons. The van der Waals surface area contributed by atoms with E-state index in [4.69, 9.17) is 0 Å². The molecule has 0 saturated heterocycles. The first-order valence-electron chi connectivity index (χ1n) is 12.3. The van der Waals surface area contributed by atoms with Crippen molar-refractivity contribution in [3.63, 3.8) is 0 Å². The topological polar surface area (TPSA) is 49.4 Å². The summed E-state index contributed by atoms with van der Waals surface area (Å²) in [5, 5.41) is 3.00. The lowest BCUT2D eigenvalue weighted by molar-refractivity contribution is -0.141. The molecule has 2 amide bonds. The molecule has 1 N–H and O–H groups in total. The summed E-state index contributed by atoms with van der Waals surface area (Å²) >= 11 is 0. The number of nitrogens with one attached hydrogen (secondary N) is 1. The van der Waals surface area contributed by atoms with E-state index < -0.39 is 6.04 Å². The van der Waals surface area contributed by atoms with Crippen LogP contribution < -0.4 is 5.32 Å². The van der Waals surface area contributed by atoms with E-state index in [0.717, 1.165) is 23.1 Å². The van der Waals surface area contributed by atoms with E-state index in [0.29, 0.717) is 25.9 Å². The second kappa shape index (κ2) is 12.7. The summed E-state index contributed by atoms with van der Waals surface area (Å²) < 4.78 is 0. The number of amides is 2. The molecule has 3 aromatic rings. The Morgan fingerprint density at radius 3 is 1.88 bits per heavy atom.